The number of nitrogens with zero attached hydrogens (tertiary/aromatic N) is 2. The van der Waals surface area contributed by atoms with Gasteiger partial charge in [-0.3, -0.25) is 0 Å². The number of hydrogen-bond acceptors (Lipinski definition) is 4. The lowest BCUT2D eigenvalue weighted by Gasteiger charge is -2.18. The van der Waals surface area contributed by atoms with Crippen molar-refractivity contribution < 1.29 is 8.42 Å². The van der Waals surface area contributed by atoms with Gasteiger partial charge in [0.25, 0.3) is 0 Å². The minimum atomic E-state index is -3.59. The molecule has 1 atom stereocenters. The molecule has 1 aromatic rings. The zero-order chi connectivity index (χ0) is 16.0. The first-order valence-electron chi connectivity index (χ1n) is 6.48. The van der Waals surface area contributed by atoms with Crippen LogP contribution in [0.4, 0.5) is 0 Å². The summed E-state index contributed by atoms with van der Waals surface area (Å²) in [4.78, 5) is 0.200. The van der Waals surface area contributed by atoms with Crippen LogP contribution in [0.15, 0.2) is 23.1 Å². The fraction of sp³-hybridized carbons (Fsp3) is 0.400. The van der Waals surface area contributed by atoms with Crippen LogP contribution >= 0.6 is 0 Å². The van der Waals surface area contributed by atoms with E-state index in [9.17, 15) is 8.42 Å². The molecule has 0 spiro atoms. The molecule has 21 heavy (non-hydrogen) atoms. The molecule has 0 heterocycles. The van der Waals surface area contributed by atoms with E-state index in [1.165, 1.54) is 17.4 Å². The van der Waals surface area contributed by atoms with Gasteiger partial charge in [0.2, 0.25) is 10.0 Å². The number of nitrogens with two attached hydrogens (primary N) is 1. The van der Waals surface area contributed by atoms with Gasteiger partial charge in [-0.05, 0) is 37.6 Å². The van der Waals surface area contributed by atoms with Crippen LogP contribution in [0.1, 0.15) is 18.1 Å². The van der Waals surface area contributed by atoms with Gasteiger partial charge < -0.3 is 5.73 Å². The molecule has 5 nitrogen and oxygen atoms in total. The van der Waals surface area contributed by atoms with Crippen LogP contribution in [0, 0.1) is 36.0 Å². The second-order valence-corrected chi connectivity index (χ2v) is 6.84. The standard InChI is InChI=1S/C15H19N3O2S/c1-12(10-17)11-18(3)21(19,20)15-7-6-14(5-4-8-16)13(2)9-15/h6-7,9,12H,8,11,16H2,1-3H3. The fourth-order valence-electron chi connectivity index (χ4n) is 1.79. The van der Waals surface area contributed by atoms with Gasteiger partial charge in [0.05, 0.1) is 23.4 Å². The molecule has 1 rings (SSSR count). The first-order chi connectivity index (χ1) is 9.82. The molecule has 1 unspecified atom stereocenters. The van der Waals surface area contributed by atoms with Crippen molar-refractivity contribution in [2.45, 2.75) is 18.7 Å². The first-order valence-corrected chi connectivity index (χ1v) is 7.92. The van der Waals surface area contributed by atoms with Gasteiger partial charge in [-0.15, -0.1) is 0 Å². The summed E-state index contributed by atoms with van der Waals surface area (Å²) < 4.78 is 26.0. The average Bonchev–Trinajstić information content (AvgIpc) is 2.45. The molecular weight excluding hydrogens is 286 g/mol. The van der Waals surface area contributed by atoms with E-state index in [4.69, 9.17) is 11.0 Å². The lowest BCUT2D eigenvalue weighted by Crippen LogP contribution is -2.30. The monoisotopic (exact) mass is 305 g/mol. The van der Waals surface area contributed by atoms with Crippen molar-refractivity contribution in [2.75, 3.05) is 20.1 Å². The average molecular weight is 305 g/mol. The van der Waals surface area contributed by atoms with Crippen LogP contribution in [0.25, 0.3) is 0 Å². The Morgan fingerprint density at radius 3 is 2.62 bits per heavy atom. The molecule has 0 saturated heterocycles. The van der Waals surface area contributed by atoms with E-state index >= 15 is 0 Å². The molecule has 2 N–H and O–H groups in total. The van der Waals surface area contributed by atoms with E-state index in [-0.39, 0.29) is 23.9 Å². The summed E-state index contributed by atoms with van der Waals surface area (Å²) in [6, 6.07) is 6.81. The molecule has 0 aliphatic heterocycles. The van der Waals surface area contributed by atoms with Gasteiger partial charge in [0.1, 0.15) is 0 Å². The second kappa shape index (κ2) is 7.24. The first kappa shape index (κ1) is 17.2. The molecule has 0 aliphatic rings. The highest BCUT2D eigenvalue weighted by molar-refractivity contribution is 7.89. The predicted octanol–water partition coefficient (Wildman–Crippen LogP) is 1.09. The molecule has 0 bridgehead atoms. The zero-order valence-electron chi connectivity index (χ0n) is 12.4. The highest BCUT2D eigenvalue weighted by Crippen LogP contribution is 2.19. The molecule has 0 saturated carbocycles. The SMILES string of the molecule is Cc1cc(S(=O)(=O)N(C)CC(C)C#N)ccc1C#CCN. The Hall–Kier alpha value is -1.86. The van der Waals surface area contributed by atoms with Crippen molar-refractivity contribution in [1.82, 2.24) is 4.31 Å². The summed E-state index contributed by atoms with van der Waals surface area (Å²) in [7, 11) is -2.12. The molecule has 1 aromatic carbocycles. The molecule has 0 aliphatic carbocycles. The highest BCUT2D eigenvalue weighted by Gasteiger charge is 2.22. The number of nitriles is 1. The third-order valence-electron chi connectivity index (χ3n) is 2.98. The topological polar surface area (TPSA) is 87.2 Å². The van der Waals surface area contributed by atoms with Crippen LogP contribution in [-0.4, -0.2) is 32.9 Å². The Bertz CT molecular complexity index is 709. The summed E-state index contributed by atoms with van der Waals surface area (Å²) >= 11 is 0. The van der Waals surface area contributed by atoms with Gasteiger partial charge in [-0.1, -0.05) is 11.8 Å². The third kappa shape index (κ3) is 4.30. The van der Waals surface area contributed by atoms with Crippen molar-refractivity contribution in [3.05, 3.63) is 29.3 Å². The van der Waals surface area contributed by atoms with E-state index in [0.29, 0.717) is 0 Å². The highest BCUT2D eigenvalue weighted by atomic mass is 32.2. The van der Waals surface area contributed by atoms with E-state index in [2.05, 4.69) is 11.8 Å². The largest absolute Gasteiger partial charge is 0.320 e. The summed E-state index contributed by atoms with van der Waals surface area (Å²) in [5.41, 5.74) is 6.86. The smallest absolute Gasteiger partial charge is 0.242 e. The van der Waals surface area contributed by atoms with Crippen LogP contribution < -0.4 is 5.73 Å². The van der Waals surface area contributed by atoms with E-state index in [0.717, 1.165) is 11.1 Å². The predicted molar refractivity (Wildman–Crippen MR) is 81.7 cm³/mol. The van der Waals surface area contributed by atoms with Crippen LogP contribution in [0.3, 0.4) is 0 Å². The maximum Gasteiger partial charge on any atom is 0.242 e. The maximum absolute atomic E-state index is 12.4. The van der Waals surface area contributed by atoms with E-state index in [1.807, 2.05) is 6.07 Å². The van der Waals surface area contributed by atoms with Gasteiger partial charge in [0, 0.05) is 19.2 Å². The third-order valence-corrected chi connectivity index (χ3v) is 4.80. The summed E-state index contributed by atoms with van der Waals surface area (Å²) in [6.45, 7) is 3.90. The zero-order valence-corrected chi connectivity index (χ0v) is 13.2. The Balaban J connectivity index is 3.10. The maximum atomic E-state index is 12.4. The molecule has 0 amide bonds. The Kier molecular flexibility index (Phi) is 5.92. The summed E-state index contributed by atoms with van der Waals surface area (Å²) in [5.74, 6) is 5.28. The quantitative estimate of drug-likeness (QED) is 0.843. The van der Waals surface area contributed by atoms with Gasteiger partial charge >= 0.3 is 0 Å². The normalized spacial score (nSPS) is 12.4. The van der Waals surface area contributed by atoms with Crippen molar-refractivity contribution >= 4 is 10.0 Å². The molecule has 0 fully saturated rings. The van der Waals surface area contributed by atoms with Gasteiger partial charge in [0.15, 0.2) is 0 Å². The number of aryl methyl sites for hydroxylation is 1. The Morgan fingerprint density at radius 1 is 1.43 bits per heavy atom. The van der Waals surface area contributed by atoms with Crippen molar-refractivity contribution in [3.63, 3.8) is 0 Å². The minimum absolute atomic E-state index is 0.159. The summed E-state index contributed by atoms with van der Waals surface area (Å²) in [6.07, 6.45) is 0. The van der Waals surface area contributed by atoms with Gasteiger partial charge in [-0.2, -0.15) is 9.57 Å². The van der Waals surface area contributed by atoms with E-state index < -0.39 is 10.0 Å². The Morgan fingerprint density at radius 2 is 2.10 bits per heavy atom. The number of sulfonamides is 1. The van der Waals surface area contributed by atoms with Gasteiger partial charge in [-0.25, -0.2) is 8.42 Å². The lowest BCUT2D eigenvalue weighted by molar-refractivity contribution is 0.439. The van der Waals surface area contributed by atoms with Crippen LogP contribution in [-0.2, 0) is 10.0 Å². The number of benzene rings is 1. The molecule has 0 radical (unpaired) electrons. The second-order valence-electron chi connectivity index (χ2n) is 4.80. The lowest BCUT2D eigenvalue weighted by atomic mass is 10.1. The van der Waals surface area contributed by atoms with E-state index in [1.54, 1.807) is 26.0 Å². The molecular formula is C15H19N3O2S. The van der Waals surface area contributed by atoms with Crippen molar-refractivity contribution in [1.29, 1.82) is 5.26 Å². The van der Waals surface area contributed by atoms with Crippen molar-refractivity contribution in [2.24, 2.45) is 11.7 Å². The summed E-state index contributed by atoms with van der Waals surface area (Å²) in [5, 5.41) is 8.79. The van der Waals surface area contributed by atoms with Crippen LogP contribution in [0.2, 0.25) is 0 Å². The molecule has 0 aromatic heterocycles. The molecule has 112 valence electrons. The van der Waals surface area contributed by atoms with Crippen molar-refractivity contribution in [3.8, 4) is 17.9 Å². The van der Waals surface area contributed by atoms with Crippen LogP contribution in [0.5, 0.6) is 0 Å². The molecule has 6 heteroatoms. The minimum Gasteiger partial charge on any atom is -0.320 e. The number of rotatable bonds is 4. The fourth-order valence-corrected chi connectivity index (χ4v) is 3.13. The number of hydrogen-bond donors (Lipinski definition) is 1. The Labute approximate surface area is 126 Å².